The quantitative estimate of drug-likeness (QED) is 0.868. The normalized spacial score (nSPS) is 13.6. The van der Waals surface area contributed by atoms with Crippen molar-refractivity contribution < 1.29 is 0 Å². The van der Waals surface area contributed by atoms with E-state index in [1.54, 1.807) is 11.3 Å². The highest BCUT2D eigenvalue weighted by atomic mass is 32.1. The van der Waals surface area contributed by atoms with Crippen LogP contribution in [0.25, 0.3) is 4.96 Å². The van der Waals surface area contributed by atoms with Crippen LogP contribution >= 0.6 is 11.3 Å². The van der Waals surface area contributed by atoms with Gasteiger partial charge in [0.15, 0.2) is 4.96 Å². The van der Waals surface area contributed by atoms with E-state index in [-0.39, 0.29) is 0 Å². The summed E-state index contributed by atoms with van der Waals surface area (Å²) in [5, 5.41) is 3.63. The number of thiazole rings is 1. The first-order valence-electron chi connectivity index (χ1n) is 7.14. The lowest BCUT2D eigenvalue weighted by atomic mass is 10.0. The van der Waals surface area contributed by atoms with E-state index in [9.17, 15) is 0 Å². The van der Waals surface area contributed by atoms with Gasteiger partial charge in [-0.1, -0.05) is 13.8 Å². The molecule has 106 valence electrons. The number of nitrogens with one attached hydrogen (secondary N) is 1. The molecule has 0 saturated heterocycles. The molecule has 2 aromatic rings. The van der Waals surface area contributed by atoms with Crippen LogP contribution in [0, 0.1) is 19.8 Å². The van der Waals surface area contributed by atoms with E-state index < -0.39 is 0 Å². The minimum Gasteiger partial charge on any atom is -0.309 e. The Bertz CT molecular complexity index is 539. The number of nitrogens with zero attached hydrogens (tertiary/aromatic N) is 2. The third-order valence-electron chi connectivity index (χ3n) is 3.54. The van der Waals surface area contributed by atoms with Crippen LogP contribution in [0.1, 0.15) is 49.9 Å². The molecule has 0 bridgehead atoms. The maximum atomic E-state index is 4.63. The largest absolute Gasteiger partial charge is 0.309 e. The van der Waals surface area contributed by atoms with E-state index in [0.717, 1.165) is 23.1 Å². The van der Waals surface area contributed by atoms with Crippen molar-refractivity contribution >= 4 is 16.3 Å². The molecular weight excluding hydrogens is 254 g/mol. The van der Waals surface area contributed by atoms with Crippen molar-refractivity contribution in [2.75, 3.05) is 0 Å². The molecule has 0 aliphatic carbocycles. The number of hydrogen-bond acceptors (Lipinski definition) is 3. The van der Waals surface area contributed by atoms with Crippen LogP contribution in [0.2, 0.25) is 0 Å². The summed E-state index contributed by atoms with van der Waals surface area (Å²) in [6.45, 7) is 12.0. The lowest BCUT2D eigenvalue weighted by Crippen LogP contribution is -2.26. The molecule has 2 aromatic heterocycles. The van der Waals surface area contributed by atoms with Gasteiger partial charge in [0.1, 0.15) is 0 Å². The van der Waals surface area contributed by atoms with E-state index in [1.807, 2.05) is 0 Å². The van der Waals surface area contributed by atoms with E-state index in [0.29, 0.717) is 6.04 Å². The van der Waals surface area contributed by atoms with Gasteiger partial charge in [-0.3, -0.25) is 4.40 Å². The Morgan fingerprint density at radius 3 is 2.68 bits per heavy atom. The lowest BCUT2D eigenvalue weighted by Gasteiger charge is -2.15. The number of imidazole rings is 1. The summed E-state index contributed by atoms with van der Waals surface area (Å²) in [5.74, 6) is 0.784. The van der Waals surface area contributed by atoms with Crippen molar-refractivity contribution in [1.29, 1.82) is 0 Å². The molecule has 1 unspecified atom stereocenters. The third kappa shape index (κ3) is 3.57. The van der Waals surface area contributed by atoms with Crippen LogP contribution in [0.5, 0.6) is 0 Å². The summed E-state index contributed by atoms with van der Waals surface area (Å²) in [5.41, 5.74) is 2.45. The molecule has 0 aliphatic heterocycles. The Morgan fingerprint density at radius 1 is 1.26 bits per heavy atom. The molecule has 0 aromatic carbocycles. The van der Waals surface area contributed by atoms with Crippen molar-refractivity contribution in [1.82, 2.24) is 14.7 Å². The highest BCUT2D eigenvalue weighted by molar-refractivity contribution is 7.17. The average Bonchev–Trinajstić information content (AvgIpc) is 2.79. The number of rotatable bonds is 6. The summed E-state index contributed by atoms with van der Waals surface area (Å²) in [6, 6.07) is 0.562. The Morgan fingerprint density at radius 2 is 2.00 bits per heavy atom. The van der Waals surface area contributed by atoms with Crippen LogP contribution in [0.15, 0.2) is 6.20 Å². The number of aromatic nitrogens is 2. The maximum Gasteiger partial charge on any atom is 0.194 e. The first kappa shape index (κ1) is 14.5. The zero-order valence-electron chi connectivity index (χ0n) is 12.7. The Balaban J connectivity index is 1.99. The van der Waals surface area contributed by atoms with Gasteiger partial charge in [0.2, 0.25) is 0 Å². The molecule has 4 heteroatoms. The summed E-state index contributed by atoms with van der Waals surface area (Å²) in [6.07, 6.45) is 4.71. The first-order valence-corrected chi connectivity index (χ1v) is 7.96. The number of fused-ring (bicyclic) bond motifs is 1. The highest BCUT2D eigenvalue weighted by Crippen LogP contribution is 2.20. The molecule has 1 N–H and O–H groups in total. The second kappa shape index (κ2) is 6.06. The lowest BCUT2D eigenvalue weighted by molar-refractivity contribution is 0.448. The first-order chi connectivity index (χ1) is 8.97. The fourth-order valence-electron chi connectivity index (χ4n) is 2.28. The fraction of sp³-hybridized carbons (Fsp3) is 0.667. The average molecular weight is 279 g/mol. The monoisotopic (exact) mass is 279 g/mol. The van der Waals surface area contributed by atoms with Gasteiger partial charge in [-0.2, -0.15) is 0 Å². The number of aryl methyl sites for hydroxylation is 2. The number of hydrogen-bond donors (Lipinski definition) is 1. The van der Waals surface area contributed by atoms with Crippen LogP contribution in [0.3, 0.4) is 0 Å². The second-order valence-electron chi connectivity index (χ2n) is 5.89. The van der Waals surface area contributed by atoms with Crippen LogP contribution < -0.4 is 5.32 Å². The summed E-state index contributed by atoms with van der Waals surface area (Å²) < 4.78 is 2.23. The molecule has 0 saturated carbocycles. The standard InChI is InChI=1S/C15H25N3S/c1-10(2)6-7-11(3)16-8-14-13(5)17-15-18(14)9-12(4)19-15/h9-11,16H,6-8H2,1-5H3. The molecular formula is C15H25N3S. The van der Waals surface area contributed by atoms with E-state index in [4.69, 9.17) is 0 Å². The Hall–Kier alpha value is -0.870. The van der Waals surface area contributed by atoms with Crippen molar-refractivity contribution in [2.24, 2.45) is 5.92 Å². The van der Waals surface area contributed by atoms with Gasteiger partial charge in [-0.05, 0) is 39.5 Å². The smallest absolute Gasteiger partial charge is 0.194 e. The summed E-state index contributed by atoms with van der Waals surface area (Å²) >= 11 is 1.76. The fourth-order valence-corrected chi connectivity index (χ4v) is 3.17. The van der Waals surface area contributed by atoms with Gasteiger partial charge in [0.25, 0.3) is 0 Å². The van der Waals surface area contributed by atoms with Crippen molar-refractivity contribution in [3.63, 3.8) is 0 Å². The zero-order chi connectivity index (χ0) is 14.0. The van der Waals surface area contributed by atoms with E-state index >= 15 is 0 Å². The van der Waals surface area contributed by atoms with Gasteiger partial charge in [-0.15, -0.1) is 11.3 Å². The van der Waals surface area contributed by atoms with Crippen LogP contribution in [-0.4, -0.2) is 15.4 Å². The molecule has 2 rings (SSSR count). The SMILES string of the molecule is Cc1cn2c(CNC(C)CCC(C)C)c(C)nc2s1. The third-order valence-corrected chi connectivity index (χ3v) is 4.43. The predicted molar refractivity (Wildman–Crippen MR) is 82.9 cm³/mol. The van der Waals surface area contributed by atoms with Crippen molar-refractivity contribution in [2.45, 2.75) is 60.0 Å². The predicted octanol–water partition coefficient (Wildman–Crippen LogP) is 3.93. The second-order valence-corrected chi connectivity index (χ2v) is 7.10. The molecule has 0 fully saturated rings. The molecule has 0 amide bonds. The molecule has 19 heavy (non-hydrogen) atoms. The van der Waals surface area contributed by atoms with Gasteiger partial charge in [0, 0.05) is 23.7 Å². The van der Waals surface area contributed by atoms with Gasteiger partial charge < -0.3 is 5.32 Å². The van der Waals surface area contributed by atoms with Gasteiger partial charge >= 0.3 is 0 Å². The highest BCUT2D eigenvalue weighted by Gasteiger charge is 2.12. The minimum absolute atomic E-state index is 0.562. The topological polar surface area (TPSA) is 29.3 Å². The van der Waals surface area contributed by atoms with Gasteiger partial charge in [0.05, 0.1) is 11.4 Å². The van der Waals surface area contributed by atoms with E-state index in [2.05, 4.69) is 55.5 Å². The zero-order valence-corrected chi connectivity index (χ0v) is 13.5. The Labute approximate surface area is 120 Å². The molecule has 2 heterocycles. The summed E-state index contributed by atoms with van der Waals surface area (Å²) in [4.78, 5) is 7.06. The maximum absolute atomic E-state index is 4.63. The minimum atomic E-state index is 0.562. The van der Waals surface area contributed by atoms with Gasteiger partial charge in [-0.25, -0.2) is 4.98 Å². The van der Waals surface area contributed by atoms with Crippen molar-refractivity contribution in [3.8, 4) is 0 Å². The molecule has 1 atom stereocenters. The Kier molecular flexibility index (Phi) is 4.63. The molecule has 0 radical (unpaired) electrons. The summed E-state index contributed by atoms with van der Waals surface area (Å²) in [7, 11) is 0. The van der Waals surface area contributed by atoms with Crippen molar-refractivity contribution in [3.05, 3.63) is 22.5 Å². The molecule has 0 spiro atoms. The van der Waals surface area contributed by atoms with Crippen LogP contribution in [-0.2, 0) is 6.54 Å². The van der Waals surface area contributed by atoms with Crippen LogP contribution in [0.4, 0.5) is 0 Å². The van der Waals surface area contributed by atoms with E-state index in [1.165, 1.54) is 23.4 Å². The molecule has 3 nitrogen and oxygen atoms in total. The molecule has 0 aliphatic rings.